The second-order valence-corrected chi connectivity index (χ2v) is 9.85. The van der Waals surface area contributed by atoms with E-state index in [0.717, 1.165) is 4.68 Å². The summed E-state index contributed by atoms with van der Waals surface area (Å²) < 4.78 is 60.0. The smallest absolute Gasteiger partial charge is 0.282 e. The van der Waals surface area contributed by atoms with Gasteiger partial charge in [-0.3, -0.25) is 4.79 Å². The zero-order chi connectivity index (χ0) is 24.7. The van der Waals surface area contributed by atoms with Crippen molar-refractivity contribution in [1.82, 2.24) is 24.6 Å². The van der Waals surface area contributed by atoms with Crippen molar-refractivity contribution in [2.45, 2.75) is 70.9 Å². The van der Waals surface area contributed by atoms with E-state index in [2.05, 4.69) is 20.4 Å². The normalized spacial score (nSPS) is 19.2. The molecule has 4 rings (SSSR count). The lowest BCUT2D eigenvalue weighted by Gasteiger charge is -2.41. The van der Waals surface area contributed by atoms with Crippen LogP contribution in [0.25, 0.3) is 5.95 Å². The predicted octanol–water partition coefficient (Wildman–Crippen LogP) is 4.23. The fourth-order valence-corrected chi connectivity index (χ4v) is 3.93. The summed E-state index contributed by atoms with van der Waals surface area (Å²) in [5, 5.41) is 6.95. The molecule has 12 heteroatoms. The number of likely N-dealkylation sites (tertiary alicyclic amines) is 1. The molecule has 3 heterocycles. The van der Waals surface area contributed by atoms with Crippen molar-refractivity contribution in [2.24, 2.45) is 5.41 Å². The lowest BCUT2D eigenvalue weighted by molar-refractivity contribution is -0.148. The van der Waals surface area contributed by atoms with Crippen LogP contribution in [-0.4, -0.2) is 61.7 Å². The molecule has 1 N–H and O–H groups in total. The second-order valence-electron chi connectivity index (χ2n) is 9.85. The summed E-state index contributed by atoms with van der Waals surface area (Å²) in [4.78, 5) is 22.7. The van der Waals surface area contributed by atoms with E-state index in [0.29, 0.717) is 18.9 Å². The minimum absolute atomic E-state index is 0.00925. The van der Waals surface area contributed by atoms with Gasteiger partial charge in [0.25, 0.3) is 12.4 Å². The number of anilines is 1. The van der Waals surface area contributed by atoms with E-state index in [9.17, 15) is 22.4 Å². The van der Waals surface area contributed by atoms with Crippen LogP contribution < -0.4 is 10.1 Å². The number of carbonyl (C=O) groups is 1. The number of ether oxygens (including phenoxy) is 1. The van der Waals surface area contributed by atoms with Gasteiger partial charge in [0.2, 0.25) is 17.7 Å². The molecule has 1 saturated carbocycles. The molecule has 0 unspecified atom stereocenters. The first kappa shape index (κ1) is 24.2. The predicted molar refractivity (Wildman–Crippen MR) is 115 cm³/mol. The lowest BCUT2D eigenvalue weighted by Crippen LogP contribution is -2.58. The molecule has 2 aliphatic rings. The first-order valence-electron chi connectivity index (χ1n) is 11.2. The van der Waals surface area contributed by atoms with Gasteiger partial charge in [0.15, 0.2) is 0 Å². The maximum atomic E-state index is 13.5. The third kappa shape index (κ3) is 5.58. The molecule has 2 fully saturated rings. The van der Waals surface area contributed by atoms with Gasteiger partial charge < -0.3 is 15.0 Å². The second kappa shape index (κ2) is 9.03. The first-order chi connectivity index (χ1) is 15.9. The molecule has 0 bridgehead atoms. The molecule has 0 aromatic carbocycles. The summed E-state index contributed by atoms with van der Waals surface area (Å²) in [6, 6.07) is 2.50. The number of alkyl halides is 4. The molecule has 1 amide bonds. The van der Waals surface area contributed by atoms with Crippen molar-refractivity contribution in [3.05, 3.63) is 24.0 Å². The highest BCUT2D eigenvalue weighted by Crippen LogP contribution is 2.34. The van der Waals surface area contributed by atoms with E-state index < -0.39 is 23.5 Å². The maximum absolute atomic E-state index is 13.5. The number of nitrogens with one attached hydrogen (secondary N) is 1. The van der Waals surface area contributed by atoms with Crippen LogP contribution in [0.3, 0.4) is 0 Å². The Labute approximate surface area is 194 Å². The van der Waals surface area contributed by atoms with Gasteiger partial charge in [-0.25, -0.2) is 22.2 Å². The van der Waals surface area contributed by atoms with Gasteiger partial charge in [0.1, 0.15) is 17.6 Å². The summed E-state index contributed by atoms with van der Waals surface area (Å²) >= 11 is 0. The Kier molecular flexibility index (Phi) is 6.43. The topological polar surface area (TPSA) is 85.2 Å². The highest BCUT2D eigenvalue weighted by atomic mass is 19.3. The third-order valence-electron chi connectivity index (χ3n) is 5.86. The lowest BCUT2D eigenvalue weighted by atomic mass is 9.92. The molecule has 0 spiro atoms. The Morgan fingerprint density at radius 3 is 2.47 bits per heavy atom. The molecule has 0 radical (unpaired) electrons. The molecule has 0 atom stereocenters. The van der Waals surface area contributed by atoms with Gasteiger partial charge in [-0.2, -0.15) is 15.1 Å². The quantitative estimate of drug-likeness (QED) is 0.618. The highest BCUT2D eigenvalue weighted by Gasteiger charge is 2.38. The van der Waals surface area contributed by atoms with Crippen molar-refractivity contribution in [3.8, 4) is 11.8 Å². The molecular weight excluding hydrogens is 456 g/mol. The van der Waals surface area contributed by atoms with Gasteiger partial charge in [-0.1, -0.05) is 20.8 Å². The number of nitrogens with zero attached hydrogens (tertiary/aromatic N) is 5. The fourth-order valence-electron chi connectivity index (χ4n) is 3.93. The standard InChI is InChI=1S/C22H28F4N6O2/c1-21(2,3)19(33)31-11-14(12-31)34-17-10-16(27-13-4-7-22(25,26)8-5-13)28-20(29-17)32-9-6-15(30-32)18(23)24/h6,9-10,13-14,18H,4-5,7-8,11-12H2,1-3H3,(H,27,28,29). The Morgan fingerprint density at radius 2 is 1.88 bits per heavy atom. The summed E-state index contributed by atoms with van der Waals surface area (Å²) in [6.45, 7) is 6.32. The number of amides is 1. The Hall–Kier alpha value is -2.92. The number of aromatic nitrogens is 4. The Bertz CT molecular complexity index is 1020. The van der Waals surface area contributed by atoms with Crippen LogP contribution in [-0.2, 0) is 4.79 Å². The van der Waals surface area contributed by atoms with E-state index in [1.165, 1.54) is 12.3 Å². The number of hydrogen-bond acceptors (Lipinski definition) is 6. The molecule has 1 saturated heterocycles. The monoisotopic (exact) mass is 484 g/mol. The molecular formula is C22H28F4N6O2. The molecule has 2 aromatic rings. The maximum Gasteiger partial charge on any atom is 0.282 e. The molecule has 2 aromatic heterocycles. The van der Waals surface area contributed by atoms with Crippen molar-refractivity contribution < 1.29 is 27.1 Å². The van der Waals surface area contributed by atoms with Crippen LogP contribution in [0.4, 0.5) is 23.4 Å². The van der Waals surface area contributed by atoms with Gasteiger partial charge >= 0.3 is 0 Å². The van der Waals surface area contributed by atoms with Crippen LogP contribution in [0.2, 0.25) is 0 Å². The first-order valence-corrected chi connectivity index (χ1v) is 11.2. The summed E-state index contributed by atoms with van der Waals surface area (Å²) in [5.74, 6) is -2.13. The van der Waals surface area contributed by atoms with Crippen LogP contribution in [0.5, 0.6) is 5.88 Å². The summed E-state index contributed by atoms with van der Waals surface area (Å²) in [6.07, 6.45) is -1.62. The van der Waals surface area contributed by atoms with Gasteiger partial charge in [0, 0.05) is 36.6 Å². The molecule has 34 heavy (non-hydrogen) atoms. The number of hydrogen-bond donors (Lipinski definition) is 1. The van der Waals surface area contributed by atoms with Crippen LogP contribution in [0.1, 0.15) is 58.6 Å². The third-order valence-corrected chi connectivity index (χ3v) is 5.86. The highest BCUT2D eigenvalue weighted by molar-refractivity contribution is 5.82. The number of halogens is 4. The van der Waals surface area contributed by atoms with Gasteiger partial charge in [0.05, 0.1) is 13.1 Å². The summed E-state index contributed by atoms with van der Waals surface area (Å²) in [7, 11) is 0. The average molecular weight is 484 g/mol. The van der Waals surface area contributed by atoms with Crippen LogP contribution in [0, 0.1) is 5.41 Å². The van der Waals surface area contributed by atoms with Crippen molar-refractivity contribution in [3.63, 3.8) is 0 Å². The fraction of sp³-hybridized carbons (Fsp3) is 0.636. The van der Waals surface area contributed by atoms with E-state index in [-0.39, 0.29) is 55.6 Å². The Morgan fingerprint density at radius 1 is 1.21 bits per heavy atom. The van der Waals surface area contributed by atoms with E-state index in [4.69, 9.17) is 4.74 Å². The largest absolute Gasteiger partial charge is 0.470 e. The molecule has 1 aliphatic heterocycles. The SMILES string of the molecule is CC(C)(C)C(=O)N1CC(Oc2cc(NC3CCC(F)(F)CC3)nc(-n3ccc(C(F)F)n3)n2)C1. The van der Waals surface area contributed by atoms with Crippen LogP contribution >= 0.6 is 0 Å². The van der Waals surface area contributed by atoms with Crippen molar-refractivity contribution >= 4 is 11.7 Å². The van der Waals surface area contributed by atoms with E-state index in [1.807, 2.05) is 20.8 Å². The Balaban J connectivity index is 1.51. The van der Waals surface area contributed by atoms with Gasteiger partial charge in [-0.15, -0.1) is 0 Å². The van der Waals surface area contributed by atoms with Crippen molar-refractivity contribution in [2.75, 3.05) is 18.4 Å². The molecule has 8 nitrogen and oxygen atoms in total. The van der Waals surface area contributed by atoms with E-state index in [1.54, 1.807) is 11.0 Å². The van der Waals surface area contributed by atoms with Gasteiger partial charge in [-0.05, 0) is 18.9 Å². The zero-order valence-corrected chi connectivity index (χ0v) is 19.3. The minimum Gasteiger partial charge on any atom is -0.470 e. The van der Waals surface area contributed by atoms with E-state index >= 15 is 0 Å². The molecule has 186 valence electrons. The summed E-state index contributed by atoms with van der Waals surface area (Å²) in [5.41, 5.74) is -0.919. The average Bonchev–Trinajstić information content (AvgIpc) is 3.21. The number of carbonyl (C=O) groups excluding carboxylic acids is 1. The molecule has 1 aliphatic carbocycles. The zero-order valence-electron chi connectivity index (χ0n) is 19.3. The van der Waals surface area contributed by atoms with Crippen LogP contribution in [0.15, 0.2) is 18.3 Å². The minimum atomic E-state index is -2.75. The van der Waals surface area contributed by atoms with Crippen molar-refractivity contribution in [1.29, 1.82) is 0 Å². The number of rotatable bonds is 6.